The Morgan fingerprint density at radius 2 is 1.88 bits per heavy atom. The number of amides is 2. The Morgan fingerprint density at radius 3 is 2.62 bits per heavy atom. The number of hydrogen-bond donors (Lipinski definition) is 2. The van der Waals surface area contributed by atoms with Crippen LogP contribution in [0.1, 0.15) is 16.2 Å². The minimum atomic E-state index is -0.311. The molecule has 8 heteroatoms. The van der Waals surface area contributed by atoms with Crippen LogP contribution in [0.25, 0.3) is 10.6 Å². The number of hydrogen-bond acceptors (Lipinski definition) is 6. The molecule has 0 bridgehead atoms. The molecule has 2 aromatic heterocycles. The molecule has 6 nitrogen and oxygen atoms in total. The van der Waals surface area contributed by atoms with E-state index in [0.29, 0.717) is 16.5 Å². The molecule has 0 saturated heterocycles. The van der Waals surface area contributed by atoms with Crippen LogP contribution in [0.3, 0.4) is 0 Å². The lowest BCUT2D eigenvalue weighted by Gasteiger charge is -1.98. The van der Waals surface area contributed by atoms with Crippen molar-refractivity contribution in [2.75, 3.05) is 12.4 Å². The summed E-state index contributed by atoms with van der Waals surface area (Å²) < 4.78 is 0. The van der Waals surface area contributed by atoms with E-state index in [-0.39, 0.29) is 18.2 Å². The Kier molecular flexibility index (Phi) is 4.97. The van der Waals surface area contributed by atoms with Gasteiger partial charge in [0.1, 0.15) is 10.7 Å². The summed E-state index contributed by atoms with van der Waals surface area (Å²) in [6.45, 7) is 0. The van der Waals surface area contributed by atoms with Gasteiger partial charge in [0, 0.05) is 23.4 Å². The van der Waals surface area contributed by atoms with Crippen LogP contribution < -0.4 is 10.6 Å². The van der Waals surface area contributed by atoms with Crippen molar-refractivity contribution in [3.63, 3.8) is 0 Å². The van der Waals surface area contributed by atoms with E-state index < -0.39 is 0 Å². The van der Waals surface area contributed by atoms with Crippen molar-refractivity contribution >= 4 is 39.6 Å². The van der Waals surface area contributed by atoms with Crippen LogP contribution in [-0.4, -0.2) is 28.8 Å². The van der Waals surface area contributed by atoms with Gasteiger partial charge in [-0.15, -0.1) is 22.7 Å². The van der Waals surface area contributed by atoms with Crippen LogP contribution >= 0.6 is 22.7 Å². The third-order valence-corrected chi connectivity index (χ3v) is 4.85. The fourth-order valence-electron chi connectivity index (χ4n) is 1.95. The first-order valence-electron chi connectivity index (χ1n) is 7.13. The number of likely N-dealkylation sites (N-methyl/N-ethyl adjacent to an activating group) is 1. The van der Waals surface area contributed by atoms with Crippen LogP contribution in [0, 0.1) is 0 Å². The van der Waals surface area contributed by atoms with E-state index in [4.69, 9.17) is 0 Å². The SMILES string of the molecule is CNC(=O)Cc1csc(NC(=O)c2csc(-c3ccccc3)n2)n1. The molecule has 2 amide bonds. The first kappa shape index (κ1) is 16.3. The Morgan fingerprint density at radius 1 is 1.08 bits per heavy atom. The van der Waals surface area contributed by atoms with Crippen molar-refractivity contribution in [3.8, 4) is 10.6 Å². The number of benzene rings is 1. The van der Waals surface area contributed by atoms with Gasteiger partial charge < -0.3 is 5.32 Å². The lowest BCUT2D eigenvalue weighted by atomic mass is 10.2. The highest BCUT2D eigenvalue weighted by molar-refractivity contribution is 7.14. The lowest BCUT2D eigenvalue weighted by Crippen LogP contribution is -2.20. The van der Waals surface area contributed by atoms with Gasteiger partial charge in [-0.05, 0) is 0 Å². The minimum absolute atomic E-state index is 0.120. The van der Waals surface area contributed by atoms with Gasteiger partial charge >= 0.3 is 0 Å². The van der Waals surface area contributed by atoms with Gasteiger partial charge in [0.15, 0.2) is 5.13 Å². The zero-order chi connectivity index (χ0) is 16.9. The van der Waals surface area contributed by atoms with Crippen LogP contribution in [-0.2, 0) is 11.2 Å². The maximum Gasteiger partial charge on any atom is 0.276 e. The Balaban J connectivity index is 1.67. The van der Waals surface area contributed by atoms with Crippen molar-refractivity contribution in [2.45, 2.75) is 6.42 Å². The third kappa shape index (κ3) is 3.84. The molecular formula is C16H14N4O2S2. The standard InChI is InChI=1S/C16H14N4O2S2/c1-17-13(21)7-11-8-24-16(18-11)20-14(22)12-9-23-15(19-12)10-5-3-2-4-6-10/h2-6,8-9H,7H2,1H3,(H,17,21)(H,18,20,22). The van der Waals surface area contributed by atoms with Crippen molar-refractivity contribution < 1.29 is 9.59 Å². The number of nitrogens with one attached hydrogen (secondary N) is 2. The van der Waals surface area contributed by atoms with Gasteiger partial charge in [-0.2, -0.15) is 0 Å². The van der Waals surface area contributed by atoms with Crippen molar-refractivity contribution in [2.24, 2.45) is 0 Å². The Labute approximate surface area is 146 Å². The molecule has 122 valence electrons. The van der Waals surface area contributed by atoms with Crippen molar-refractivity contribution in [1.29, 1.82) is 0 Å². The summed E-state index contributed by atoms with van der Waals surface area (Å²) in [5.74, 6) is -0.431. The van der Waals surface area contributed by atoms with E-state index in [1.165, 1.54) is 22.7 Å². The monoisotopic (exact) mass is 358 g/mol. The summed E-state index contributed by atoms with van der Waals surface area (Å²) in [5.41, 5.74) is 1.95. The molecule has 2 heterocycles. The smallest absolute Gasteiger partial charge is 0.276 e. The second-order valence-corrected chi connectivity index (χ2v) is 6.57. The summed E-state index contributed by atoms with van der Waals surface area (Å²) in [7, 11) is 1.57. The first-order valence-corrected chi connectivity index (χ1v) is 8.89. The third-order valence-electron chi connectivity index (χ3n) is 3.15. The van der Waals surface area contributed by atoms with E-state index >= 15 is 0 Å². The molecular weight excluding hydrogens is 344 g/mol. The highest BCUT2D eigenvalue weighted by atomic mass is 32.1. The molecule has 3 rings (SSSR count). The number of carbonyl (C=O) groups is 2. The topological polar surface area (TPSA) is 84.0 Å². The van der Waals surface area contributed by atoms with E-state index in [1.807, 2.05) is 30.3 Å². The molecule has 0 unspecified atom stereocenters. The van der Waals surface area contributed by atoms with E-state index in [9.17, 15) is 9.59 Å². The van der Waals surface area contributed by atoms with Crippen molar-refractivity contribution in [3.05, 3.63) is 52.5 Å². The quantitative estimate of drug-likeness (QED) is 0.734. The van der Waals surface area contributed by atoms with Crippen LogP contribution in [0.15, 0.2) is 41.1 Å². The first-order chi connectivity index (χ1) is 11.7. The molecule has 0 aliphatic rings. The fourth-order valence-corrected chi connectivity index (χ4v) is 3.46. The van der Waals surface area contributed by atoms with Crippen LogP contribution in [0.4, 0.5) is 5.13 Å². The number of aromatic nitrogens is 2. The zero-order valence-corrected chi connectivity index (χ0v) is 14.4. The van der Waals surface area contributed by atoms with Gasteiger partial charge in [0.25, 0.3) is 5.91 Å². The zero-order valence-electron chi connectivity index (χ0n) is 12.8. The Hall–Kier alpha value is -2.58. The molecule has 2 N–H and O–H groups in total. The molecule has 0 saturated carbocycles. The average Bonchev–Trinajstić information content (AvgIpc) is 3.25. The number of nitrogens with zero attached hydrogens (tertiary/aromatic N) is 2. The summed E-state index contributed by atoms with van der Waals surface area (Å²) >= 11 is 2.70. The molecule has 0 radical (unpaired) electrons. The minimum Gasteiger partial charge on any atom is -0.359 e. The van der Waals surface area contributed by atoms with E-state index in [2.05, 4.69) is 20.6 Å². The largest absolute Gasteiger partial charge is 0.359 e. The van der Waals surface area contributed by atoms with Crippen molar-refractivity contribution in [1.82, 2.24) is 15.3 Å². The summed E-state index contributed by atoms with van der Waals surface area (Å²) in [6.07, 6.45) is 0.192. The van der Waals surface area contributed by atoms with Crippen LogP contribution in [0.5, 0.6) is 0 Å². The summed E-state index contributed by atoms with van der Waals surface area (Å²) in [6, 6.07) is 9.70. The molecule has 0 fully saturated rings. The highest BCUT2D eigenvalue weighted by Gasteiger charge is 2.14. The number of carbonyl (C=O) groups excluding carboxylic acids is 2. The molecule has 0 aliphatic carbocycles. The summed E-state index contributed by atoms with van der Waals surface area (Å²) in [5, 5.41) is 9.97. The maximum absolute atomic E-state index is 12.3. The van der Waals surface area contributed by atoms with Gasteiger partial charge in [0.05, 0.1) is 12.1 Å². The number of thiazole rings is 2. The van der Waals surface area contributed by atoms with E-state index in [1.54, 1.807) is 17.8 Å². The molecule has 0 spiro atoms. The molecule has 1 aromatic carbocycles. The lowest BCUT2D eigenvalue weighted by molar-refractivity contribution is -0.120. The van der Waals surface area contributed by atoms with Gasteiger partial charge in [-0.3, -0.25) is 14.9 Å². The molecule has 0 aliphatic heterocycles. The van der Waals surface area contributed by atoms with Gasteiger partial charge in [0.2, 0.25) is 5.91 Å². The predicted molar refractivity (Wildman–Crippen MR) is 95.4 cm³/mol. The van der Waals surface area contributed by atoms with E-state index in [0.717, 1.165) is 10.6 Å². The maximum atomic E-state index is 12.3. The Bertz CT molecular complexity index is 858. The van der Waals surface area contributed by atoms with Crippen LogP contribution in [0.2, 0.25) is 0 Å². The molecule has 0 atom stereocenters. The van der Waals surface area contributed by atoms with Gasteiger partial charge in [-0.25, -0.2) is 9.97 Å². The second kappa shape index (κ2) is 7.33. The summed E-state index contributed by atoms with van der Waals surface area (Å²) in [4.78, 5) is 32.2. The average molecular weight is 358 g/mol. The fraction of sp³-hybridized carbons (Fsp3) is 0.125. The second-order valence-electron chi connectivity index (χ2n) is 4.85. The normalized spacial score (nSPS) is 10.4. The predicted octanol–water partition coefficient (Wildman–Crippen LogP) is 2.81. The van der Waals surface area contributed by atoms with Gasteiger partial charge in [-0.1, -0.05) is 30.3 Å². The number of rotatable bonds is 5. The highest BCUT2D eigenvalue weighted by Crippen LogP contribution is 2.24. The number of anilines is 1. The molecule has 3 aromatic rings. The molecule has 24 heavy (non-hydrogen) atoms.